The van der Waals surface area contributed by atoms with Gasteiger partial charge in [0.1, 0.15) is 12.4 Å². The molecule has 0 amide bonds. The summed E-state index contributed by atoms with van der Waals surface area (Å²) in [5, 5.41) is 20.2. The van der Waals surface area contributed by atoms with Crippen LogP contribution in [0.2, 0.25) is 0 Å². The van der Waals surface area contributed by atoms with Crippen LogP contribution >= 0.6 is 0 Å². The largest absolute Gasteiger partial charge is 0.366 e. The summed E-state index contributed by atoms with van der Waals surface area (Å²) in [5.74, 6) is 0.795. The Labute approximate surface area is 192 Å². The van der Waals surface area contributed by atoms with Crippen LogP contribution in [-0.2, 0) is 19.5 Å². The van der Waals surface area contributed by atoms with E-state index in [1.165, 1.54) is 0 Å². The third-order valence-corrected chi connectivity index (χ3v) is 5.86. The molecule has 3 heterocycles. The monoisotopic (exact) mass is 436 g/mol. The smallest absolute Gasteiger partial charge is 0.157 e. The van der Waals surface area contributed by atoms with Crippen molar-refractivity contribution in [3.8, 4) is 6.07 Å². The SMILES string of the molecule is Cc1ccc(N2CCc3ncnc(N(Cc4ccccc4)n4cc(C)nn4)c3C2)c(C#N)c1. The van der Waals surface area contributed by atoms with E-state index in [1.54, 1.807) is 11.1 Å². The predicted molar refractivity (Wildman–Crippen MR) is 125 cm³/mol. The Balaban J connectivity index is 1.56. The van der Waals surface area contributed by atoms with Gasteiger partial charge in [0.25, 0.3) is 0 Å². The van der Waals surface area contributed by atoms with Gasteiger partial charge in [0.05, 0.1) is 35.4 Å². The lowest BCUT2D eigenvalue weighted by Crippen LogP contribution is -2.36. The fourth-order valence-electron chi connectivity index (χ4n) is 4.22. The first-order valence-corrected chi connectivity index (χ1v) is 10.9. The van der Waals surface area contributed by atoms with Crippen LogP contribution in [0.5, 0.6) is 0 Å². The molecule has 5 rings (SSSR count). The average molecular weight is 437 g/mol. The number of fused-ring (bicyclic) bond motifs is 1. The van der Waals surface area contributed by atoms with E-state index < -0.39 is 0 Å². The van der Waals surface area contributed by atoms with Gasteiger partial charge in [0, 0.05) is 25.1 Å². The van der Waals surface area contributed by atoms with E-state index in [4.69, 9.17) is 4.98 Å². The second-order valence-corrected chi connectivity index (χ2v) is 8.25. The van der Waals surface area contributed by atoms with Gasteiger partial charge in [-0.2, -0.15) is 10.1 Å². The number of hydrogen-bond donors (Lipinski definition) is 0. The third-order valence-electron chi connectivity index (χ3n) is 5.86. The molecule has 0 N–H and O–H groups in total. The lowest BCUT2D eigenvalue weighted by molar-refractivity contribution is 0.571. The summed E-state index contributed by atoms with van der Waals surface area (Å²) in [7, 11) is 0. The van der Waals surface area contributed by atoms with Crippen molar-refractivity contribution in [2.75, 3.05) is 16.5 Å². The quantitative estimate of drug-likeness (QED) is 0.472. The lowest BCUT2D eigenvalue weighted by Gasteiger charge is -2.33. The zero-order chi connectivity index (χ0) is 22.8. The Morgan fingerprint density at radius 1 is 1.09 bits per heavy atom. The van der Waals surface area contributed by atoms with Gasteiger partial charge < -0.3 is 4.90 Å². The fourth-order valence-corrected chi connectivity index (χ4v) is 4.22. The molecule has 0 spiro atoms. The molecule has 1 aliphatic heterocycles. The molecule has 0 saturated heterocycles. The number of anilines is 2. The molecule has 0 fully saturated rings. The highest BCUT2D eigenvalue weighted by Gasteiger charge is 2.26. The molecule has 33 heavy (non-hydrogen) atoms. The number of benzene rings is 2. The minimum atomic E-state index is 0.584. The van der Waals surface area contributed by atoms with Crippen molar-refractivity contribution < 1.29 is 0 Å². The molecule has 164 valence electrons. The van der Waals surface area contributed by atoms with E-state index in [0.29, 0.717) is 18.7 Å². The maximum atomic E-state index is 9.70. The van der Waals surface area contributed by atoms with Crippen LogP contribution in [-0.4, -0.2) is 31.6 Å². The molecule has 1 aliphatic rings. The van der Waals surface area contributed by atoms with Crippen LogP contribution in [0, 0.1) is 25.2 Å². The van der Waals surface area contributed by atoms with Gasteiger partial charge in [0.15, 0.2) is 5.82 Å². The Morgan fingerprint density at radius 2 is 1.94 bits per heavy atom. The topological polar surface area (TPSA) is 86.8 Å². The second kappa shape index (κ2) is 8.71. The van der Waals surface area contributed by atoms with Crippen molar-refractivity contribution in [1.82, 2.24) is 25.1 Å². The van der Waals surface area contributed by atoms with Crippen molar-refractivity contribution in [2.24, 2.45) is 0 Å². The first-order valence-electron chi connectivity index (χ1n) is 10.9. The Bertz CT molecular complexity index is 1320. The zero-order valence-electron chi connectivity index (χ0n) is 18.7. The molecule has 4 aromatic rings. The Morgan fingerprint density at radius 3 is 2.70 bits per heavy atom. The lowest BCUT2D eigenvalue weighted by atomic mass is 10.0. The highest BCUT2D eigenvalue weighted by molar-refractivity contribution is 5.63. The van der Waals surface area contributed by atoms with E-state index in [9.17, 15) is 5.26 Å². The average Bonchev–Trinajstić information content (AvgIpc) is 3.28. The summed E-state index contributed by atoms with van der Waals surface area (Å²) in [4.78, 5) is 13.3. The van der Waals surface area contributed by atoms with Gasteiger partial charge in [-0.25, -0.2) is 15.0 Å². The predicted octanol–water partition coefficient (Wildman–Crippen LogP) is 3.59. The van der Waals surface area contributed by atoms with Crippen molar-refractivity contribution in [3.05, 3.63) is 94.7 Å². The molecule has 0 aliphatic carbocycles. The minimum absolute atomic E-state index is 0.584. The number of rotatable bonds is 5. The maximum Gasteiger partial charge on any atom is 0.157 e. The molecule has 8 heteroatoms. The highest BCUT2D eigenvalue weighted by atomic mass is 15.7. The second-order valence-electron chi connectivity index (χ2n) is 8.25. The summed E-state index contributed by atoms with van der Waals surface area (Å²) in [6.45, 7) is 5.91. The molecule has 0 saturated carbocycles. The molecule has 2 aromatic carbocycles. The van der Waals surface area contributed by atoms with E-state index in [0.717, 1.165) is 52.5 Å². The van der Waals surface area contributed by atoms with Crippen molar-refractivity contribution >= 4 is 11.5 Å². The third kappa shape index (κ3) is 4.13. The summed E-state index contributed by atoms with van der Waals surface area (Å²) in [6, 6.07) is 18.6. The van der Waals surface area contributed by atoms with Crippen LogP contribution in [0.4, 0.5) is 11.5 Å². The first-order chi connectivity index (χ1) is 16.1. The van der Waals surface area contributed by atoms with Crippen molar-refractivity contribution in [3.63, 3.8) is 0 Å². The number of aromatic nitrogens is 5. The normalized spacial score (nSPS) is 12.8. The molecule has 0 atom stereocenters. The van der Waals surface area contributed by atoms with Gasteiger partial charge in [0.2, 0.25) is 0 Å². The molecular weight excluding hydrogens is 412 g/mol. The molecule has 8 nitrogen and oxygen atoms in total. The fraction of sp³-hybridized carbons (Fsp3) is 0.240. The van der Waals surface area contributed by atoms with Gasteiger partial charge in [-0.3, -0.25) is 0 Å². The number of nitriles is 1. The number of aryl methyl sites for hydroxylation is 2. The van der Waals surface area contributed by atoms with Crippen molar-refractivity contribution in [1.29, 1.82) is 5.26 Å². The molecule has 0 radical (unpaired) electrons. The molecule has 0 bridgehead atoms. The molecule has 2 aromatic heterocycles. The summed E-state index contributed by atoms with van der Waals surface area (Å²) < 4.78 is 0. The molecule has 0 unspecified atom stereocenters. The standard InChI is InChI=1S/C25H24N8/c1-18-8-9-24(21(12-18)13-26)31-11-10-23-22(16-31)25(28-17-27-23)32(33-14-19(2)29-30-33)15-20-6-4-3-5-7-20/h3-9,12,14,17H,10-11,15-16H2,1-2H3. The first kappa shape index (κ1) is 20.6. The van der Waals surface area contributed by atoms with Crippen LogP contribution in [0.25, 0.3) is 0 Å². The van der Waals surface area contributed by atoms with E-state index >= 15 is 0 Å². The summed E-state index contributed by atoms with van der Waals surface area (Å²) in [6.07, 6.45) is 4.29. The van der Waals surface area contributed by atoms with E-state index in [1.807, 2.05) is 61.5 Å². The number of hydrogen-bond acceptors (Lipinski definition) is 7. The summed E-state index contributed by atoms with van der Waals surface area (Å²) in [5.41, 5.74) is 6.73. The maximum absolute atomic E-state index is 9.70. The highest BCUT2D eigenvalue weighted by Crippen LogP contribution is 2.31. The van der Waals surface area contributed by atoms with E-state index in [-0.39, 0.29) is 0 Å². The van der Waals surface area contributed by atoms with Crippen LogP contribution in [0.3, 0.4) is 0 Å². The summed E-state index contributed by atoms with van der Waals surface area (Å²) >= 11 is 0. The van der Waals surface area contributed by atoms with Crippen LogP contribution in [0.1, 0.15) is 33.6 Å². The van der Waals surface area contributed by atoms with Crippen molar-refractivity contribution in [2.45, 2.75) is 33.4 Å². The van der Waals surface area contributed by atoms with E-state index in [2.05, 4.69) is 38.4 Å². The number of nitrogens with zero attached hydrogens (tertiary/aromatic N) is 8. The van der Waals surface area contributed by atoms with Crippen LogP contribution < -0.4 is 9.91 Å². The van der Waals surface area contributed by atoms with Gasteiger partial charge >= 0.3 is 0 Å². The minimum Gasteiger partial charge on any atom is -0.366 e. The van der Waals surface area contributed by atoms with Crippen LogP contribution in [0.15, 0.2) is 61.1 Å². The Kier molecular flexibility index (Phi) is 5.45. The van der Waals surface area contributed by atoms with Gasteiger partial charge in [-0.15, -0.1) is 5.10 Å². The molecular formula is C25H24N8. The van der Waals surface area contributed by atoms with Gasteiger partial charge in [-0.05, 0) is 42.3 Å². The van der Waals surface area contributed by atoms with Gasteiger partial charge in [-0.1, -0.05) is 36.4 Å². The Hall–Kier alpha value is -4.25. The zero-order valence-corrected chi connectivity index (χ0v) is 18.7.